The molecule has 0 heterocycles. The fourth-order valence-corrected chi connectivity index (χ4v) is 8.22. The zero-order valence-corrected chi connectivity index (χ0v) is 13.9. The summed E-state index contributed by atoms with van der Waals surface area (Å²) in [5.74, 6) is 0. The van der Waals surface area contributed by atoms with Crippen LogP contribution in [0.15, 0.2) is 70.5 Å². The lowest BCUT2D eigenvalue weighted by molar-refractivity contribution is 0.998. The molecule has 0 unspecified atom stereocenters. The van der Waals surface area contributed by atoms with Crippen molar-refractivity contribution in [1.29, 1.82) is 0 Å². The van der Waals surface area contributed by atoms with Crippen LogP contribution in [0.1, 0.15) is 34.1 Å². The number of allylic oxidation sites excluding steroid dienone is 4. The Morgan fingerprint density at radius 1 is 1.00 bits per heavy atom. The summed E-state index contributed by atoms with van der Waals surface area (Å²) in [4.78, 5) is 2.99. The minimum atomic E-state index is -1.05. The van der Waals surface area contributed by atoms with Gasteiger partial charge >= 0.3 is 0 Å². The van der Waals surface area contributed by atoms with Crippen LogP contribution in [0.4, 0.5) is 0 Å². The molecule has 0 N–H and O–H groups in total. The Morgan fingerprint density at radius 3 is 2.10 bits per heavy atom. The zero-order valence-electron chi connectivity index (χ0n) is 13.1. The van der Waals surface area contributed by atoms with Crippen LogP contribution >= 0.6 is 10.0 Å². The van der Waals surface area contributed by atoms with E-state index in [9.17, 15) is 0 Å². The van der Waals surface area contributed by atoms with Gasteiger partial charge in [-0.05, 0) is 50.5 Å². The molecule has 20 heavy (non-hydrogen) atoms. The maximum Gasteiger partial charge on any atom is -0.00253 e. The highest BCUT2D eigenvalue weighted by molar-refractivity contribution is 8.37. The van der Waals surface area contributed by atoms with Gasteiger partial charge in [0.05, 0.1) is 0 Å². The molecular weight excluding hydrogens is 260 g/mol. The van der Waals surface area contributed by atoms with E-state index in [-0.39, 0.29) is 0 Å². The maximum absolute atomic E-state index is 4.35. The summed E-state index contributed by atoms with van der Waals surface area (Å²) in [7, 11) is -1.05. The molecule has 0 saturated heterocycles. The predicted molar refractivity (Wildman–Crippen MR) is 93.6 cm³/mol. The third-order valence-electron chi connectivity index (χ3n) is 4.08. The van der Waals surface area contributed by atoms with Gasteiger partial charge in [0.15, 0.2) is 0 Å². The van der Waals surface area contributed by atoms with Crippen molar-refractivity contribution in [2.24, 2.45) is 0 Å². The summed E-state index contributed by atoms with van der Waals surface area (Å²) in [6.07, 6.45) is 7.72. The number of rotatable bonds is 4. The van der Waals surface area contributed by atoms with Gasteiger partial charge in [0.2, 0.25) is 0 Å². The Labute approximate surface area is 125 Å². The number of benzene rings is 1. The van der Waals surface area contributed by atoms with Gasteiger partial charge in [-0.25, -0.2) is 0 Å². The molecule has 0 aromatic heterocycles. The smallest absolute Gasteiger partial charge is 0.00253 e. The van der Waals surface area contributed by atoms with Crippen LogP contribution in [0.5, 0.6) is 0 Å². The molecular formula is C19H26S. The van der Waals surface area contributed by atoms with Crippen LogP contribution in [0.25, 0.3) is 0 Å². The Kier molecular flexibility index (Phi) is 4.59. The lowest BCUT2D eigenvalue weighted by Gasteiger charge is -2.51. The van der Waals surface area contributed by atoms with Gasteiger partial charge < -0.3 is 0 Å². The van der Waals surface area contributed by atoms with E-state index in [0.717, 1.165) is 6.42 Å². The summed E-state index contributed by atoms with van der Waals surface area (Å²) in [6.45, 7) is 13.8. The quantitative estimate of drug-likeness (QED) is 0.630. The van der Waals surface area contributed by atoms with Gasteiger partial charge in [0, 0.05) is 0 Å². The van der Waals surface area contributed by atoms with Crippen LogP contribution in [-0.4, -0.2) is 10.5 Å². The first-order valence-electron chi connectivity index (χ1n) is 7.42. The van der Waals surface area contributed by atoms with E-state index in [0.29, 0.717) is 10.5 Å². The summed E-state index contributed by atoms with van der Waals surface area (Å²) in [5.41, 5.74) is 1.30. The molecule has 0 nitrogen and oxygen atoms in total. The van der Waals surface area contributed by atoms with Gasteiger partial charge in [-0.2, -0.15) is 10.0 Å². The van der Waals surface area contributed by atoms with Gasteiger partial charge in [-0.15, -0.1) is 0 Å². The van der Waals surface area contributed by atoms with Gasteiger partial charge in [-0.1, -0.05) is 64.6 Å². The first kappa shape index (κ1) is 15.2. The monoisotopic (exact) mass is 286 g/mol. The number of hydrogen-bond donors (Lipinski definition) is 0. The highest BCUT2D eigenvalue weighted by Crippen LogP contribution is 2.70. The topological polar surface area (TPSA) is 0 Å². The normalized spacial score (nSPS) is 16.7. The molecule has 108 valence electrons. The van der Waals surface area contributed by atoms with Crippen molar-refractivity contribution in [3.05, 3.63) is 65.6 Å². The second-order valence-electron chi connectivity index (χ2n) is 5.89. The first-order valence-corrected chi connectivity index (χ1v) is 9.18. The largest absolute Gasteiger partial charge is 0.183 e. The maximum atomic E-state index is 4.35. The Hall–Kier alpha value is -1.21. The molecule has 0 bridgehead atoms. The molecule has 1 aliphatic carbocycles. The van der Waals surface area contributed by atoms with E-state index in [2.05, 4.69) is 82.8 Å². The highest BCUT2D eigenvalue weighted by Gasteiger charge is 2.37. The fraction of sp³-hybridized carbons (Fsp3) is 0.368. The second kappa shape index (κ2) is 6.05. The molecule has 0 amide bonds. The average Bonchev–Trinajstić information content (AvgIpc) is 2.42. The van der Waals surface area contributed by atoms with Crippen molar-refractivity contribution in [2.75, 3.05) is 0 Å². The minimum Gasteiger partial charge on any atom is -0.183 e. The van der Waals surface area contributed by atoms with Crippen LogP contribution in [0, 0.1) is 0 Å². The molecule has 1 heteroatoms. The van der Waals surface area contributed by atoms with Crippen molar-refractivity contribution >= 4 is 10.0 Å². The summed E-state index contributed by atoms with van der Waals surface area (Å²) in [6, 6.07) is 11.1. The van der Waals surface area contributed by atoms with Crippen LogP contribution in [0.2, 0.25) is 0 Å². The molecule has 2 rings (SSSR count). The summed E-state index contributed by atoms with van der Waals surface area (Å²) >= 11 is 0. The van der Waals surface area contributed by atoms with Crippen LogP contribution in [-0.2, 0) is 0 Å². The van der Waals surface area contributed by atoms with E-state index in [1.165, 1.54) is 15.4 Å². The average molecular weight is 286 g/mol. The molecule has 0 spiro atoms. The third kappa shape index (κ3) is 2.40. The van der Waals surface area contributed by atoms with E-state index in [1.54, 1.807) is 0 Å². The molecule has 0 radical (unpaired) electrons. The van der Waals surface area contributed by atoms with Crippen LogP contribution in [0.3, 0.4) is 0 Å². The fourth-order valence-electron chi connectivity index (χ4n) is 3.30. The third-order valence-corrected chi connectivity index (χ3v) is 9.26. The molecule has 0 fully saturated rings. The van der Waals surface area contributed by atoms with Crippen molar-refractivity contribution in [3.63, 3.8) is 0 Å². The van der Waals surface area contributed by atoms with E-state index in [1.807, 2.05) is 0 Å². The lowest BCUT2D eigenvalue weighted by atomic mass is 10.1. The Balaban J connectivity index is 2.69. The second-order valence-corrected chi connectivity index (χ2v) is 10.1. The van der Waals surface area contributed by atoms with Crippen molar-refractivity contribution in [1.82, 2.24) is 0 Å². The molecule has 0 aliphatic heterocycles. The van der Waals surface area contributed by atoms with Gasteiger partial charge in [0.25, 0.3) is 0 Å². The first-order chi connectivity index (χ1) is 9.51. The molecule has 0 saturated carbocycles. The summed E-state index contributed by atoms with van der Waals surface area (Å²) < 4.78 is 0. The Bertz CT molecular complexity index is 524. The standard InChI is InChI=1S/C19H26S/c1-15(2)20(16(3)4,18-12-7-6-8-13-18)19-14-10-9-11-17(19)5/h6-10,12-16H,5,11H2,1-4H3. The number of hydrogen-bond acceptors (Lipinski definition) is 0. The van der Waals surface area contributed by atoms with E-state index >= 15 is 0 Å². The predicted octanol–water partition coefficient (Wildman–Crippen LogP) is 6.07. The van der Waals surface area contributed by atoms with Gasteiger partial charge in [-0.3, -0.25) is 0 Å². The SMILES string of the molecule is C=C1CC=CC=C1S(c1ccccc1)(C(C)C)C(C)C. The lowest BCUT2D eigenvalue weighted by Crippen LogP contribution is -2.24. The van der Waals surface area contributed by atoms with Crippen molar-refractivity contribution in [3.8, 4) is 0 Å². The molecule has 1 aromatic carbocycles. The molecule has 0 atom stereocenters. The zero-order chi connectivity index (χ0) is 14.8. The Morgan fingerprint density at radius 2 is 1.60 bits per heavy atom. The minimum absolute atomic E-state index is 0.611. The molecule has 1 aromatic rings. The van der Waals surface area contributed by atoms with Crippen LogP contribution < -0.4 is 0 Å². The van der Waals surface area contributed by atoms with Crippen molar-refractivity contribution in [2.45, 2.75) is 49.5 Å². The van der Waals surface area contributed by atoms with Crippen molar-refractivity contribution < 1.29 is 0 Å². The van der Waals surface area contributed by atoms with Gasteiger partial charge in [0.1, 0.15) is 0 Å². The summed E-state index contributed by atoms with van der Waals surface area (Å²) in [5, 5.41) is 1.22. The highest BCUT2D eigenvalue weighted by atomic mass is 32.3. The van der Waals surface area contributed by atoms with E-state index in [4.69, 9.17) is 0 Å². The van der Waals surface area contributed by atoms with E-state index < -0.39 is 10.0 Å². The molecule has 1 aliphatic rings.